The average molecular weight is 246 g/mol. The third-order valence-electron chi connectivity index (χ3n) is 2.39. The molecule has 0 unspecified atom stereocenters. The second-order valence-corrected chi connectivity index (χ2v) is 3.63. The van der Waals surface area contributed by atoms with E-state index in [0.29, 0.717) is 5.56 Å². The summed E-state index contributed by atoms with van der Waals surface area (Å²) in [6, 6.07) is 6.65. The first kappa shape index (κ1) is 11.8. The molecule has 0 atom stereocenters. The van der Waals surface area contributed by atoms with E-state index in [9.17, 15) is 15.2 Å². The van der Waals surface area contributed by atoms with Gasteiger partial charge in [0, 0.05) is 5.56 Å². The van der Waals surface area contributed by atoms with Gasteiger partial charge in [-0.1, -0.05) is 23.4 Å². The van der Waals surface area contributed by atoms with Crippen molar-refractivity contribution in [3.05, 3.63) is 51.4 Å². The summed E-state index contributed by atoms with van der Waals surface area (Å²) in [7, 11) is 0. The van der Waals surface area contributed by atoms with Gasteiger partial charge in [-0.05, 0) is 25.1 Å². The van der Waals surface area contributed by atoms with Crippen LogP contribution in [0.1, 0.15) is 17.0 Å². The van der Waals surface area contributed by atoms with E-state index in [1.807, 2.05) is 0 Å². The fourth-order valence-electron chi connectivity index (χ4n) is 1.51. The van der Waals surface area contributed by atoms with Crippen LogP contribution in [0, 0.1) is 17.0 Å². The topological polar surface area (TPSA) is 89.4 Å². The Balaban J connectivity index is 2.36. The Morgan fingerprint density at radius 1 is 1.39 bits per heavy atom. The number of hydrogen-bond donors (Lipinski definition) is 1. The number of rotatable bonds is 3. The lowest BCUT2D eigenvalue weighted by Crippen LogP contribution is -1.90. The minimum Gasteiger partial charge on any atom is -0.507 e. The molecule has 18 heavy (non-hydrogen) atoms. The summed E-state index contributed by atoms with van der Waals surface area (Å²) >= 11 is 0. The van der Waals surface area contributed by atoms with E-state index < -0.39 is 4.92 Å². The van der Waals surface area contributed by atoms with E-state index in [4.69, 9.17) is 4.52 Å². The van der Waals surface area contributed by atoms with Gasteiger partial charge in [-0.25, -0.2) is 0 Å². The van der Waals surface area contributed by atoms with Crippen molar-refractivity contribution in [3.63, 3.8) is 0 Å². The zero-order valence-electron chi connectivity index (χ0n) is 9.53. The van der Waals surface area contributed by atoms with Gasteiger partial charge in [0.25, 0.3) is 0 Å². The van der Waals surface area contributed by atoms with Gasteiger partial charge in [-0.15, -0.1) is 0 Å². The van der Waals surface area contributed by atoms with Gasteiger partial charge in [-0.2, -0.15) is 0 Å². The number of phenols is 1. The van der Waals surface area contributed by atoms with Crippen molar-refractivity contribution in [1.29, 1.82) is 0 Å². The van der Waals surface area contributed by atoms with Crippen LogP contribution in [-0.2, 0) is 0 Å². The number of nitro groups is 1. The zero-order chi connectivity index (χ0) is 13.1. The van der Waals surface area contributed by atoms with Crippen molar-refractivity contribution < 1.29 is 14.6 Å². The molecule has 1 N–H and O–H groups in total. The highest BCUT2D eigenvalue weighted by Crippen LogP contribution is 2.25. The number of phenolic OH excluding ortho intramolecular Hbond substituents is 1. The highest BCUT2D eigenvalue weighted by atomic mass is 16.6. The van der Waals surface area contributed by atoms with E-state index in [0.717, 1.165) is 0 Å². The first-order valence-corrected chi connectivity index (χ1v) is 5.16. The van der Waals surface area contributed by atoms with Gasteiger partial charge in [0.05, 0.1) is 4.92 Å². The molecule has 0 aliphatic heterocycles. The van der Waals surface area contributed by atoms with E-state index in [1.54, 1.807) is 18.2 Å². The molecule has 2 rings (SSSR count). The number of hydrogen-bond acceptors (Lipinski definition) is 5. The second kappa shape index (κ2) is 4.70. The molecule has 0 spiro atoms. The fourth-order valence-corrected chi connectivity index (χ4v) is 1.51. The van der Waals surface area contributed by atoms with Crippen LogP contribution in [0.3, 0.4) is 0 Å². The first-order chi connectivity index (χ1) is 8.59. The van der Waals surface area contributed by atoms with Crippen molar-refractivity contribution >= 4 is 17.8 Å². The number of aromatic hydroxyl groups is 1. The van der Waals surface area contributed by atoms with Crippen LogP contribution in [-0.4, -0.2) is 15.2 Å². The number of benzene rings is 1. The summed E-state index contributed by atoms with van der Waals surface area (Å²) in [6.07, 6.45) is 2.94. The lowest BCUT2D eigenvalue weighted by atomic mass is 10.1. The van der Waals surface area contributed by atoms with Crippen molar-refractivity contribution in [2.75, 3.05) is 0 Å². The Bertz CT molecular complexity index is 616. The maximum Gasteiger partial charge on any atom is 0.338 e. The molecule has 0 saturated carbocycles. The summed E-state index contributed by atoms with van der Waals surface area (Å²) < 4.78 is 4.86. The standard InChI is InChI=1S/C12H10N2O4/c1-8-12(14(16)17)11(18-13-8)7-6-9-4-2-3-5-10(9)15/h2-7,15H,1H3/b7-6+. The summed E-state index contributed by atoms with van der Waals surface area (Å²) in [4.78, 5) is 10.3. The Morgan fingerprint density at radius 2 is 2.11 bits per heavy atom. The van der Waals surface area contributed by atoms with Crippen LogP contribution in [0.4, 0.5) is 5.69 Å². The number of aryl methyl sites for hydroxylation is 1. The lowest BCUT2D eigenvalue weighted by Gasteiger charge is -1.95. The van der Waals surface area contributed by atoms with Gasteiger partial charge in [0.15, 0.2) is 5.69 Å². The van der Waals surface area contributed by atoms with E-state index in [1.165, 1.54) is 25.1 Å². The molecular formula is C12H10N2O4. The monoisotopic (exact) mass is 246 g/mol. The van der Waals surface area contributed by atoms with Crippen molar-refractivity contribution in [3.8, 4) is 5.75 Å². The van der Waals surface area contributed by atoms with Gasteiger partial charge in [-0.3, -0.25) is 10.1 Å². The van der Waals surface area contributed by atoms with Gasteiger partial charge < -0.3 is 9.63 Å². The van der Waals surface area contributed by atoms with Crippen molar-refractivity contribution in [2.45, 2.75) is 6.92 Å². The molecule has 0 bridgehead atoms. The molecular weight excluding hydrogens is 236 g/mol. The highest BCUT2D eigenvalue weighted by molar-refractivity contribution is 5.73. The predicted octanol–water partition coefficient (Wildman–Crippen LogP) is 2.77. The SMILES string of the molecule is Cc1noc(/C=C/c2ccccc2O)c1[N+](=O)[O-]. The maximum absolute atomic E-state index is 10.8. The molecule has 0 saturated heterocycles. The molecule has 0 radical (unpaired) electrons. The fraction of sp³-hybridized carbons (Fsp3) is 0.0833. The third kappa shape index (κ3) is 2.22. The quantitative estimate of drug-likeness (QED) is 0.664. The van der Waals surface area contributed by atoms with E-state index >= 15 is 0 Å². The molecule has 6 heteroatoms. The molecule has 2 aromatic rings. The predicted molar refractivity (Wildman–Crippen MR) is 64.9 cm³/mol. The molecule has 92 valence electrons. The van der Waals surface area contributed by atoms with Crippen LogP contribution in [0.5, 0.6) is 5.75 Å². The smallest absolute Gasteiger partial charge is 0.338 e. The molecule has 1 heterocycles. The summed E-state index contributed by atoms with van der Waals surface area (Å²) in [5, 5.41) is 23.9. The minimum absolute atomic E-state index is 0.0563. The van der Waals surface area contributed by atoms with Gasteiger partial charge >= 0.3 is 5.69 Å². The number of nitrogens with zero attached hydrogens (tertiary/aromatic N) is 2. The zero-order valence-corrected chi connectivity index (χ0v) is 9.53. The van der Waals surface area contributed by atoms with Gasteiger partial charge in [0.1, 0.15) is 5.75 Å². The normalized spacial score (nSPS) is 10.9. The molecule has 1 aromatic heterocycles. The molecule has 0 fully saturated rings. The first-order valence-electron chi connectivity index (χ1n) is 5.16. The maximum atomic E-state index is 10.8. The van der Waals surface area contributed by atoms with Crippen LogP contribution in [0.2, 0.25) is 0 Å². The summed E-state index contributed by atoms with van der Waals surface area (Å²) in [5.41, 5.74) is 0.597. The van der Waals surface area contributed by atoms with Crippen LogP contribution >= 0.6 is 0 Å². The average Bonchev–Trinajstić information content (AvgIpc) is 2.69. The summed E-state index contributed by atoms with van der Waals surface area (Å²) in [5.74, 6) is 0.147. The lowest BCUT2D eigenvalue weighted by molar-refractivity contribution is -0.386. The Morgan fingerprint density at radius 3 is 2.78 bits per heavy atom. The van der Waals surface area contributed by atoms with Crippen molar-refractivity contribution in [1.82, 2.24) is 5.16 Å². The van der Waals surface area contributed by atoms with Crippen LogP contribution < -0.4 is 0 Å². The van der Waals surface area contributed by atoms with Crippen LogP contribution in [0.15, 0.2) is 28.8 Å². The Hall–Kier alpha value is -2.63. The molecule has 1 aromatic carbocycles. The number of para-hydroxylation sites is 1. The van der Waals surface area contributed by atoms with Crippen LogP contribution in [0.25, 0.3) is 12.2 Å². The molecule has 6 nitrogen and oxygen atoms in total. The summed E-state index contributed by atoms with van der Waals surface area (Å²) in [6.45, 7) is 1.50. The minimum atomic E-state index is -0.545. The van der Waals surface area contributed by atoms with E-state index in [2.05, 4.69) is 5.16 Å². The Labute approximate surface area is 102 Å². The second-order valence-electron chi connectivity index (χ2n) is 3.63. The van der Waals surface area contributed by atoms with E-state index in [-0.39, 0.29) is 22.9 Å². The van der Waals surface area contributed by atoms with Crippen molar-refractivity contribution in [2.24, 2.45) is 0 Å². The van der Waals surface area contributed by atoms with Gasteiger partial charge in [0.2, 0.25) is 5.76 Å². The Kier molecular flexibility index (Phi) is 3.09. The molecule has 0 amide bonds. The molecule has 0 aliphatic rings. The molecule has 0 aliphatic carbocycles. The number of aromatic nitrogens is 1. The third-order valence-corrected chi connectivity index (χ3v) is 2.39. The highest BCUT2D eigenvalue weighted by Gasteiger charge is 2.21. The largest absolute Gasteiger partial charge is 0.507 e.